The quantitative estimate of drug-likeness (QED) is 0.444. The van der Waals surface area contributed by atoms with Gasteiger partial charge in [0, 0.05) is 25.2 Å². The van der Waals surface area contributed by atoms with Gasteiger partial charge in [-0.25, -0.2) is 4.98 Å². The molecule has 5 atom stereocenters. The Morgan fingerprint density at radius 2 is 1.86 bits per heavy atom. The van der Waals surface area contributed by atoms with E-state index in [-0.39, 0.29) is 0 Å². The first-order valence-corrected chi connectivity index (χ1v) is 13.9. The molecule has 4 aliphatic carbocycles. The van der Waals surface area contributed by atoms with Gasteiger partial charge in [-0.05, 0) is 99.3 Å². The predicted molar refractivity (Wildman–Crippen MR) is 143 cm³/mol. The molecule has 0 amide bonds. The van der Waals surface area contributed by atoms with Gasteiger partial charge in [0.1, 0.15) is 17.5 Å². The molecular weight excluding hydrogens is 446 g/mol. The minimum atomic E-state index is 0.329. The largest absolute Gasteiger partial charge is 0.368 e. The molecule has 190 valence electrons. The van der Waals surface area contributed by atoms with E-state index in [0.29, 0.717) is 41.4 Å². The molecule has 36 heavy (non-hydrogen) atoms. The molecule has 0 radical (unpaired) electrons. The summed E-state index contributed by atoms with van der Waals surface area (Å²) in [5.41, 5.74) is 3.31. The van der Waals surface area contributed by atoms with E-state index in [0.717, 1.165) is 37.4 Å². The summed E-state index contributed by atoms with van der Waals surface area (Å²) < 4.78 is 0. The molecular formula is C29H39N7. The molecule has 4 N–H and O–H groups in total. The fraction of sp³-hybridized carbons (Fsp3) is 0.621. The Bertz CT molecular complexity index is 1100. The Hall–Kier alpha value is -2.69. The van der Waals surface area contributed by atoms with E-state index in [1.54, 1.807) is 6.20 Å². The highest BCUT2D eigenvalue weighted by molar-refractivity contribution is 5.53. The van der Waals surface area contributed by atoms with E-state index in [4.69, 9.17) is 4.98 Å². The molecule has 2 unspecified atom stereocenters. The first-order valence-electron chi connectivity index (χ1n) is 13.9. The SMILES string of the molecule is Cc1ccccc1CNc1ncc(C#N)c(NC[C@]23CC4CC(C2)[C@@H](NC2CCNCC2)[C@@H](C4)C3)n1. The van der Waals surface area contributed by atoms with Gasteiger partial charge >= 0.3 is 0 Å². The lowest BCUT2D eigenvalue weighted by Crippen LogP contribution is -2.61. The van der Waals surface area contributed by atoms with Crippen LogP contribution in [0.15, 0.2) is 30.5 Å². The number of aryl methyl sites for hydroxylation is 1. The fourth-order valence-electron chi connectivity index (χ4n) is 7.88. The molecule has 1 aliphatic heterocycles. The second kappa shape index (κ2) is 9.99. The average Bonchev–Trinajstić information content (AvgIpc) is 2.89. The highest BCUT2D eigenvalue weighted by atomic mass is 15.1. The lowest BCUT2D eigenvalue weighted by atomic mass is 9.48. The van der Waals surface area contributed by atoms with E-state index >= 15 is 0 Å². The fourth-order valence-corrected chi connectivity index (χ4v) is 7.88. The number of benzene rings is 1. The number of nitrogens with zero attached hydrogens (tertiary/aromatic N) is 3. The second-order valence-corrected chi connectivity index (χ2v) is 11.9. The van der Waals surface area contributed by atoms with Gasteiger partial charge in [0.05, 0.1) is 6.20 Å². The lowest BCUT2D eigenvalue weighted by Gasteiger charge is -2.61. The minimum Gasteiger partial charge on any atom is -0.368 e. The maximum absolute atomic E-state index is 9.70. The summed E-state index contributed by atoms with van der Waals surface area (Å²) in [4.78, 5) is 9.12. The van der Waals surface area contributed by atoms with Gasteiger partial charge in [0.25, 0.3) is 0 Å². The van der Waals surface area contributed by atoms with Crippen LogP contribution in [0.1, 0.15) is 61.6 Å². The van der Waals surface area contributed by atoms with E-state index < -0.39 is 0 Å². The molecule has 1 aromatic heterocycles. The van der Waals surface area contributed by atoms with Gasteiger partial charge in [0.15, 0.2) is 0 Å². The van der Waals surface area contributed by atoms with Crippen molar-refractivity contribution in [2.75, 3.05) is 30.3 Å². The van der Waals surface area contributed by atoms with Crippen LogP contribution in [0.5, 0.6) is 0 Å². The first-order chi connectivity index (χ1) is 17.6. The van der Waals surface area contributed by atoms with Crippen molar-refractivity contribution in [3.05, 3.63) is 47.2 Å². The summed E-state index contributed by atoms with van der Waals surface area (Å²) in [5, 5.41) is 24.3. The van der Waals surface area contributed by atoms with Crippen LogP contribution < -0.4 is 21.3 Å². The highest BCUT2D eigenvalue weighted by Crippen LogP contribution is 2.60. The van der Waals surface area contributed by atoms with Crippen LogP contribution >= 0.6 is 0 Å². The number of aromatic nitrogens is 2. The van der Waals surface area contributed by atoms with Crippen LogP contribution in [0.4, 0.5) is 11.8 Å². The number of rotatable bonds is 8. The molecule has 5 fully saturated rings. The van der Waals surface area contributed by atoms with Gasteiger partial charge < -0.3 is 21.3 Å². The van der Waals surface area contributed by atoms with Gasteiger partial charge in [-0.2, -0.15) is 10.2 Å². The van der Waals surface area contributed by atoms with Crippen LogP contribution in [0.3, 0.4) is 0 Å². The summed E-state index contributed by atoms with van der Waals surface area (Å²) in [6.07, 6.45) is 10.9. The summed E-state index contributed by atoms with van der Waals surface area (Å²) in [6, 6.07) is 12.0. The van der Waals surface area contributed by atoms with Gasteiger partial charge in [-0.15, -0.1) is 0 Å². The van der Waals surface area contributed by atoms with Crippen molar-refractivity contribution in [3.63, 3.8) is 0 Å². The van der Waals surface area contributed by atoms with Crippen molar-refractivity contribution in [3.8, 4) is 6.07 Å². The third kappa shape index (κ3) is 4.81. The monoisotopic (exact) mass is 485 g/mol. The number of hydrogen-bond acceptors (Lipinski definition) is 7. The number of nitrogens with one attached hydrogen (secondary N) is 4. The number of nitriles is 1. The van der Waals surface area contributed by atoms with Crippen molar-refractivity contribution < 1.29 is 0 Å². The van der Waals surface area contributed by atoms with Crippen molar-refractivity contribution in [2.24, 2.45) is 23.2 Å². The van der Waals surface area contributed by atoms with Crippen molar-refractivity contribution >= 4 is 11.8 Å². The zero-order valence-corrected chi connectivity index (χ0v) is 21.4. The second-order valence-electron chi connectivity index (χ2n) is 11.9. The highest BCUT2D eigenvalue weighted by Gasteiger charge is 2.55. The smallest absolute Gasteiger partial charge is 0.224 e. The van der Waals surface area contributed by atoms with Crippen LogP contribution in [0.2, 0.25) is 0 Å². The van der Waals surface area contributed by atoms with Crippen molar-refractivity contribution in [1.29, 1.82) is 5.26 Å². The molecule has 7 rings (SSSR count). The molecule has 7 nitrogen and oxygen atoms in total. The average molecular weight is 486 g/mol. The molecule has 4 bridgehead atoms. The Labute approximate surface area is 214 Å². The van der Waals surface area contributed by atoms with Crippen LogP contribution in [-0.4, -0.2) is 41.7 Å². The molecule has 1 aromatic carbocycles. The predicted octanol–water partition coefficient (Wildman–Crippen LogP) is 4.22. The summed E-state index contributed by atoms with van der Waals surface area (Å²) >= 11 is 0. The van der Waals surface area contributed by atoms with Crippen molar-refractivity contribution in [2.45, 2.75) is 70.5 Å². The topological polar surface area (TPSA) is 97.7 Å². The standard InChI is InChI=1S/C29H39N7/c1-19-4-2-3-5-21(19)16-32-28-33-17-24(15-30)27(36-28)34-18-29-12-20-10-22(13-29)26(23(11-20)14-29)35-25-6-8-31-9-7-25/h2-5,17,20,22-23,25-26,31,35H,6-14,16,18H2,1H3,(H2,32,33,34,36)/t20?,22-,23?,26-,29-/m0/s1. The maximum Gasteiger partial charge on any atom is 0.224 e. The lowest BCUT2D eigenvalue weighted by molar-refractivity contribution is -0.0727. The third-order valence-electron chi connectivity index (χ3n) is 9.41. The van der Waals surface area contributed by atoms with E-state index in [2.05, 4.69) is 63.5 Å². The summed E-state index contributed by atoms with van der Waals surface area (Å²) in [7, 11) is 0. The molecule has 5 aliphatic rings. The van der Waals surface area contributed by atoms with Gasteiger partial charge in [-0.3, -0.25) is 0 Å². The minimum absolute atomic E-state index is 0.329. The maximum atomic E-state index is 9.70. The molecule has 2 heterocycles. The molecule has 7 heteroatoms. The number of anilines is 2. The van der Waals surface area contributed by atoms with Crippen LogP contribution in [0, 0.1) is 41.4 Å². The van der Waals surface area contributed by atoms with Crippen LogP contribution in [-0.2, 0) is 6.54 Å². The Morgan fingerprint density at radius 3 is 2.61 bits per heavy atom. The normalized spacial score (nSPS) is 31.2. The summed E-state index contributed by atoms with van der Waals surface area (Å²) in [5.74, 6) is 3.68. The Kier molecular flexibility index (Phi) is 6.57. The van der Waals surface area contributed by atoms with Gasteiger partial charge in [-0.1, -0.05) is 24.3 Å². The van der Waals surface area contributed by atoms with E-state index in [9.17, 15) is 5.26 Å². The molecule has 2 aromatic rings. The number of piperidine rings is 1. The van der Waals surface area contributed by atoms with E-state index in [1.807, 2.05) is 0 Å². The molecule has 0 spiro atoms. The summed E-state index contributed by atoms with van der Waals surface area (Å²) in [6.45, 7) is 5.98. The molecule has 4 saturated carbocycles. The zero-order valence-electron chi connectivity index (χ0n) is 21.4. The third-order valence-corrected chi connectivity index (χ3v) is 9.41. The van der Waals surface area contributed by atoms with Gasteiger partial charge in [0.2, 0.25) is 5.95 Å². The Morgan fingerprint density at radius 1 is 1.08 bits per heavy atom. The van der Waals surface area contributed by atoms with Crippen LogP contribution in [0.25, 0.3) is 0 Å². The van der Waals surface area contributed by atoms with E-state index in [1.165, 1.54) is 56.1 Å². The van der Waals surface area contributed by atoms with Crippen molar-refractivity contribution in [1.82, 2.24) is 20.6 Å². The zero-order chi connectivity index (χ0) is 24.5. The number of hydrogen-bond donors (Lipinski definition) is 4. The first kappa shape index (κ1) is 23.7. The Balaban J connectivity index is 1.12. The molecule has 1 saturated heterocycles.